The first kappa shape index (κ1) is 22.1. The fraction of sp³-hybridized carbons (Fsp3) is 0.381. The van der Waals surface area contributed by atoms with Crippen molar-refractivity contribution in [3.63, 3.8) is 0 Å². The number of methoxy groups -OCH3 is 2. The van der Waals surface area contributed by atoms with E-state index in [1.165, 1.54) is 32.4 Å². The third-order valence-electron chi connectivity index (χ3n) is 4.95. The van der Waals surface area contributed by atoms with Crippen LogP contribution in [0.2, 0.25) is 0 Å². The van der Waals surface area contributed by atoms with Gasteiger partial charge in [0, 0.05) is 24.7 Å². The van der Waals surface area contributed by atoms with Gasteiger partial charge in [-0.25, -0.2) is 13.1 Å². The van der Waals surface area contributed by atoms with Gasteiger partial charge in [-0.3, -0.25) is 4.79 Å². The van der Waals surface area contributed by atoms with Gasteiger partial charge in [0.2, 0.25) is 10.0 Å². The molecule has 1 heterocycles. The second-order valence-corrected chi connectivity index (χ2v) is 8.57. The molecule has 1 saturated heterocycles. The normalized spacial score (nSPS) is 15.5. The summed E-state index contributed by atoms with van der Waals surface area (Å²) in [6, 6.07) is 10.9. The Labute approximate surface area is 176 Å². The number of sulfonamides is 1. The number of nitrogens with one attached hydrogen (secondary N) is 1. The highest BCUT2D eigenvalue weighted by Crippen LogP contribution is 2.28. The highest BCUT2D eigenvalue weighted by Gasteiger charge is 2.26. The Kier molecular flexibility index (Phi) is 6.96. The van der Waals surface area contributed by atoms with Crippen LogP contribution in [0.4, 0.5) is 0 Å². The summed E-state index contributed by atoms with van der Waals surface area (Å²) >= 11 is 0. The third kappa shape index (κ3) is 4.75. The molecule has 0 radical (unpaired) electrons. The molecule has 1 unspecified atom stereocenters. The quantitative estimate of drug-likeness (QED) is 0.718. The molecule has 9 heteroatoms. The molecule has 2 aromatic carbocycles. The molecular formula is C21H26N2O6S. The number of nitrogens with zero attached hydrogens (tertiary/aromatic N) is 1. The molecule has 1 fully saturated rings. The van der Waals surface area contributed by atoms with Gasteiger partial charge in [-0.2, -0.15) is 0 Å². The lowest BCUT2D eigenvalue weighted by molar-refractivity contribution is 0.0300. The van der Waals surface area contributed by atoms with Gasteiger partial charge in [0.1, 0.15) is 11.5 Å². The van der Waals surface area contributed by atoms with Gasteiger partial charge in [-0.1, -0.05) is 18.2 Å². The predicted molar refractivity (Wildman–Crippen MR) is 111 cm³/mol. The average molecular weight is 435 g/mol. The van der Waals surface area contributed by atoms with Crippen LogP contribution in [-0.4, -0.2) is 59.7 Å². The van der Waals surface area contributed by atoms with Crippen molar-refractivity contribution < 1.29 is 27.4 Å². The Balaban J connectivity index is 1.89. The van der Waals surface area contributed by atoms with Gasteiger partial charge >= 0.3 is 0 Å². The molecule has 0 aromatic heterocycles. The van der Waals surface area contributed by atoms with Gasteiger partial charge in [-0.05, 0) is 31.2 Å². The zero-order valence-electron chi connectivity index (χ0n) is 17.3. The smallest absolute Gasteiger partial charge is 0.257 e. The monoisotopic (exact) mass is 434 g/mol. The Morgan fingerprint density at radius 2 is 1.73 bits per heavy atom. The minimum Gasteiger partial charge on any atom is -0.496 e. The Hall–Kier alpha value is -2.62. The van der Waals surface area contributed by atoms with E-state index >= 15 is 0 Å². The summed E-state index contributed by atoms with van der Waals surface area (Å²) in [7, 11) is -0.920. The van der Waals surface area contributed by atoms with E-state index in [1.54, 1.807) is 24.0 Å². The summed E-state index contributed by atoms with van der Waals surface area (Å²) < 4.78 is 44.6. The topological polar surface area (TPSA) is 94.2 Å². The van der Waals surface area contributed by atoms with Crippen LogP contribution in [0.25, 0.3) is 0 Å². The van der Waals surface area contributed by atoms with Crippen LogP contribution < -0.4 is 14.2 Å². The summed E-state index contributed by atoms with van der Waals surface area (Å²) in [5.41, 5.74) is 0.911. The first-order valence-electron chi connectivity index (χ1n) is 9.57. The Morgan fingerprint density at radius 3 is 2.40 bits per heavy atom. The number of carbonyl (C=O) groups is 1. The highest BCUT2D eigenvalue weighted by molar-refractivity contribution is 7.89. The SMILES string of the molecule is COc1ccc(S(=O)(=O)NC(C)c2ccccc2OC)cc1C(=O)N1CCOCC1. The number of morpholine rings is 1. The van der Waals surface area contributed by atoms with Crippen LogP contribution >= 0.6 is 0 Å². The van der Waals surface area contributed by atoms with Gasteiger partial charge in [0.15, 0.2) is 0 Å². The maximum absolute atomic E-state index is 13.0. The molecule has 1 aliphatic heterocycles. The molecule has 0 spiro atoms. The lowest BCUT2D eigenvalue weighted by atomic mass is 10.1. The summed E-state index contributed by atoms with van der Waals surface area (Å²) in [6.07, 6.45) is 0. The molecule has 2 aromatic rings. The van der Waals surface area contributed by atoms with Crippen molar-refractivity contribution in [3.05, 3.63) is 53.6 Å². The standard InChI is InChI=1S/C21H26N2O6S/c1-15(17-6-4-5-7-19(17)27-2)22-30(25,26)16-8-9-20(28-3)18(14-16)21(24)23-10-12-29-13-11-23/h4-9,14-15,22H,10-13H2,1-3H3. The largest absolute Gasteiger partial charge is 0.496 e. The molecule has 1 aliphatic rings. The zero-order valence-corrected chi connectivity index (χ0v) is 18.1. The number of carbonyl (C=O) groups excluding carboxylic acids is 1. The van der Waals surface area contributed by atoms with Crippen LogP contribution in [0.15, 0.2) is 47.4 Å². The Bertz CT molecular complexity index is 1000. The van der Waals surface area contributed by atoms with Gasteiger partial charge in [0.25, 0.3) is 5.91 Å². The van der Waals surface area contributed by atoms with Crippen LogP contribution in [0.3, 0.4) is 0 Å². The van der Waals surface area contributed by atoms with Crippen molar-refractivity contribution in [2.45, 2.75) is 17.9 Å². The number of para-hydroxylation sites is 1. The van der Waals surface area contributed by atoms with E-state index in [0.717, 1.165) is 0 Å². The highest BCUT2D eigenvalue weighted by atomic mass is 32.2. The predicted octanol–water partition coefficient (Wildman–Crippen LogP) is 2.22. The second-order valence-electron chi connectivity index (χ2n) is 6.85. The van der Waals surface area contributed by atoms with Crippen molar-refractivity contribution in [2.75, 3.05) is 40.5 Å². The van der Waals surface area contributed by atoms with Crippen molar-refractivity contribution >= 4 is 15.9 Å². The van der Waals surface area contributed by atoms with E-state index in [0.29, 0.717) is 43.4 Å². The van der Waals surface area contributed by atoms with Gasteiger partial charge in [-0.15, -0.1) is 0 Å². The molecule has 3 rings (SSSR count). The number of hydrogen-bond donors (Lipinski definition) is 1. The van der Waals surface area contributed by atoms with Crippen molar-refractivity contribution in [2.24, 2.45) is 0 Å². The van der Waals surface area contributed by atoms with Crippen LogP contribution in [-0.2, 0) is 14.8 Å². The molecular weight excluding hydrogens is 408 g/mol. The summed E-state index contributed by atoms with van der Waals surface area (Å²) in [4.78, 5) is 14.6. The lowest BCUT2D eigenvalue weighted by Crippen LogP contribution is -2.40. The van der Waals surface area contributed by atoms with E-state index in [9.17, 15) is 13.2 Å². The number of amides is 1. The minimum atomic E-state index is -3.90. The van der Waals surface area contributed by atoms with Crippen molar-refractivity contribution in [1.82, 2.24) is 9.62 Å². The van der Waals surface area contributed by atoms with Crippen LogP contribution in [0, 0.1) is 0 Å². The van der Waals surface area contributed by atoms with E-state index < -0.39 is 16.1 Å². The third-order valence-corrected chi connectivity index (χ3v) is 6.49. The van der Waals surface area contributed by atoms with E-state index in [4.69, 9.17) is 14.2 Å². The number of benzene rings is 2. The zero-order chi connectivity index (χ0) is 21.7. The van der Waals surface area contributed by atoms with Crippen molar-refractivity contribution in [1.29, 1.82) is 0 Å². The Morgan fingerprint density at radius 1 is 1.07 bits per heavy atom. The maximum Gasteiger partial charge on any atom is 0.257 e. The first-order chi connectivity index (χ1) is 14.4. The van der Waals surface area contributed by atoms with Crippen LogP contribution in [0.5, 0.6) is 11.5 Å². The lowest BCUT2D eigenvalue weighted by Gasteiger charge is -2.27. The summed E-state index contributed by atoms with van der Waals surface area (Å²) in [5.74, 6) is 0.624. The van der Waals surface area contributed by atoms with Gasteiger partial charge in [0.05, 0.1) is 37.9 Å². The van der Waals surface area contributed by atoms with Crippen LogP contribution in [0.1, 0.15) is 28.9 Å². The van der Waals surface area contributed by atoms with Gasteiger partial charge < -0.3 is 19.1 Å². The fourth-order valence-electron chi connectivity index (χ4n) is 3.35. The molecule has 0 bridgehead atoms. The average Bonchev–Trinajstić information content (AvgIpc) is 2.78. The fourth-order valence-corrected chi connectivity index (χ4v) is 4.60. The molecule has 8 nitrogen and oxygen atoms in total. The molecule has 0 saturated carbocycles. The van der Waals surface area contributed by atoms with E-state index in [-0.39, 0.29) is 16.4 Å². The van der Waals surface area contributed by atoms with E-state index in [2.05, 4.69) is 4.72 Å². The first-order valence-corrected chi connectivity index (χ1v) is 11.1. The molecule has 30 heavy (non-hydrogen) atoms. The molecule has 162 valence electrons. The number of hydrogen-bond acceptors (Lipinski definition) is 6. The molecule has 1 amide bonds. The number of rotatable bonds is 7. The second kappa shape index (κ2) is 9.46. The molecule has 1 N–H and O–H groups in total. The van der Waals surface area contributed by atoms with Crippen molar-refractivity contribution in [3.8, 4) is 11.5 Å². The minimum absolute atomic E-state index is 0.0124. The summed E-state index contributed by atoms with van der Waals surface area (Å²) in [5, 5.41) is 0. The molecule has 0 aliphatic carbocycles. The van der Waals surface area contributed by atoms with E-state index in [1.807, 2.05) is 12.1 Å². The number of ether oxygens (including phenoxy) is 3. The summed E-state index contributed by atoms with van der Waals surface area (Å²) in [6.45, 7) is 3.52. The maximum atomic E-state index is 13.0. The molecule has 1 atom stereocenters.